The summed E-state index contributed by atoms with van der Waals surface area (Å²) in [5.41, 5.74) is 2.44. The summed E-state index contributed by atoms with van der Waals surface area (Å²) in [7, 11) is 0. The average molecular weight is 304 g/mol. The highest BCUT2D eigenvalue weighted by molar-refractivity contribution is 5.56. The molecule has 0 aromatic heterocycles. The van der Waals surface area contributed by atoms with Crippen molar-refractivity contribution in [3.63, 3.8) is 0 Å². The molecule has 1 heteroatoms. The van der Waals surface area contributed by atoms with Crippen LogP contribution in [0.5, 0.6) is 0 Å². The summed E-state index contributed by atoms with van der Waals surface area (Å²) in [6.07, 6.45) is 13.4. The zero-order chi connectivity index (χ0) is 16.6. The number of hydrogen-bond acceptors (Lipinski definition) is 1. The first-order valence-electron chi connectivity index (χ1n) is 7.71. The Morgan fingerprint density at radius 1 is 0.783 bits per heavy atom. The van der Waals surface area contributed by atoms with Crippen LogP contribution in [0.25, 0.3) is 12.2 Å². The molecule has 0 aliphatic heterocycles. The van der Waals surface area contributed by atoms with E-state index in [2.05, 4.69) is 55.1 Å². The normalized spacial score (nSPS) is 10.7. The third-order valence-corrected chi connectivity index (χ3v) is 2.77. The van der Waals surface area contributed by atoms with E-state index < -0.39 is 0 Å². The highest BCUT2D eigenvalue weighted by Gasteiger charge is 1.81. The lowest BCUT2D eigenvalue weighted by Gasteiger charge is -1.90. The molecule has 23 heavy (non-hydrogen) atoms. The summed E-state index contributed by atoms with van der Waals surface area (Å²) >= 11 is 0. The van der Waals surface area contributed by atoms with Gasteiger partial charge in [0.05, 0.1) is 12.9 Å². The lowest BCUT2D eigenvalue weighted by Crippen LogP contribution is -1.73. The first kappa shape index (κ1) is 18.2. The minimum Gasteiger partial charge on any atom is -0.501 e. The Hall–Kier alpha value is -2.80. The molecule has 2 aromatic rings. The molecule has 0 N–H and O–H groups in total. The second kappa shape index (κ2) is 12.9. The minimum atomic E-state index is 0.727. The molecule has 2 rings (SSSR count). The van der Waals surface area contributed by atoms with E-state index in [1.54, 1.807) is 18.4 Å². The molecule has 0 aliphatic rings. The molecule has 0 aliphatic carbocycles. The molecule has 0 bridgehead atoms. The van der Waals surface area contributed by atoms with E-state index in [1.165, 1.54) is 11.1 Å². The van der Waals surface area contributed by atoms with Crippen LogP contribution in [-0.4, -0.2) is 6.61 Å². The molecule has 0 amide bonds. The van der Waals surface area contributed by atoms with Crippen LogP contribution in [0.1, 0.15) is 18.1 Å². The fraction of sp³-hybridized carbons (Fsp3) is 0.0909. The third kappa shape index (κ3) is 9.70. The van der Waals surface area contributed by atoms with Crippen LogP contribution in [-0.2, 0) is 4.74 Å². The molecule has 0 saturated heterocycles. The molecule has 1 nitrogen and oxygen atoms in total. The van der Waals surface area contributed by atoms with Crippen LogP contribution in [0.15, 0.2) is 97.8 Å². The van der Waals surface area contributed by atoms with Crippen molar-refractivity contribution < 1.29 is 4.74 Å². The molecule has 118 valence electrons. The van der Waals surface area contributed by atoms with Gasteiger partial charge in [-0.15, -0.1) is 0 Å². The zero-order valence-electron chi connectivity index (χ0n) is 13.6. The average Bonchev–Trinajstić information content (AvgIpc) is 2.62. The van der Waals surface area contributed by atoms with Gasteiger partial charge in [-0.3, -0.25) is 0 Å². The van der Waals surface area contributed by atoms with Gasteiger partial charge in [0.1, 0.15) is 0 Å². The molecular weight excluding hydrogens is 280 g/mol. The number of hydrogen-bond donors (Lipinski definition) is 0. The van der Waals surface area contributed by atoms with Gasteiger partial charge >= 0.3 is 0 Å². The second-order valence-corrected chi connectivity index (χ2v) is 4.56. The van der Waals surface area contributed by atoms with Crippen LogP contribution < -0.4 is 0 Å². The lowest BCUT2D eigenvalue weighted by molar-refractivity contribution is 0.269. The Balaban J connectivity index is 0.000000322. The fourth-order valence-corrected chi connectivity index (χ4v) is 1.67. The van der Waals surface area contributed by atoms with Crippen LogP contribution in [0.3, 0.4) is 0 Å². The first-order valence-corrected chi connectivity index (χ1v) is 7.71. The molecule has 0 spiro atoms. The standard InChI is InChI=1S/C16H14.C6H10O/c1-3-9-15(10-4-1)13-7-8-14-16-11-5-2-6-12-16;1-3-5-6-7-4-2/h1-14H;3,5-6H,1,4H2,2H3/b13-7+,14-8+;6-5+. The predicted molar refractivity (Wildman–Crippen MR) is 102 cm³/mol. The van der Waals surface area contributed by atoms with Crippen LogP contribution in [0.2, 0.25) is 0 Å². The zero-order valence-corrected chi connectivity index (χ0v) is 13.6. The topological polar surface area (TPSA) is 9.23 Å². The molecule has 0 heterocycles. The van der Waals surface area contributed by atoms with Gasteiger partial charge < -0.3 is 4.74 Å². The molecule has 0 radical (unpaired) electrons. The number of ether oxygens (including phenoxy) is 1. The van der Waals surface area contributed by atoms with Gasteiger partial charge in [-0.05, 0) is 24.1 Å². The predicted octanol–water partition coefficient (Wildman–Crippen LogP) is 6.14. The maximum absolute atomic E-state index is 4.82. The highest BCUT2D eigenvalue weighted by Crippen LogP contribution is 2.03. The second-order valence-electron chi connectivity index (χ2n) is 4.56. The highest BCUT2D eigenvalue weighted by atomic mass is 16.5. The Bertz CT molecular complexity index is 559. The maximum Gasteiger partial charge on any atom is 0.0845 e. The Morgan fingerprint density at radius 2 is 1.26 bits per heavy atom. The summed E-state index contributed by atoms with van der Waals surface area (Å²) < 4.78 is 4.82. The summed E-state index contributed by atoms with van der Waals surface area (Å²) in [5, 5.41) is 0. The molecule has 0 fully saturated rings. The summed E-state index contributed by atoms with van der Waals surface area (Å²) in [5.74, 6) is 0. The molecule has 2 aromatic carbocycles. The third-order valence-electron chi connectivity index (χ3n) is 2.77. The molecule has 0 saturated carbocycles. The van der Waals surface area contributed by atoms with Gasteiger partial charge in [-0.2, -0.15) is 0 Å². The summed E-state index contributed by atoms with van der Waals surface area (Å²) in [6, 6.07) is 20.6. The van der Waals surface area contributed by atoms with E-state index in [0.29, 0.717) is 0 Å². The van der Waals surface area contributed by atoms with Gasteiger partial charge in [0.25, 0.3) is 0 Å². The van der Waals surface area contributed by atoms with Gasteiger partial charge in [0.15, 0.2) is 0 Å². The van der Waals surface area contributed by atoms with E-state index in [-0.39, 0.29) is 0 Å². The largest absolute Gasteiger partial charge is 0.501 e. The smallest absolute Gasteiger partial charge is 0.0845 e. The van der Waals surface area contributed by atoms with E-state index in [4.69, 9.17) is 4.74 Å². The van der Waals surface area contributed by atoms with Crippen LogP contribution in [0, 0.1) is 0 Å². The van der Waals surface area contributed by atoms with E-state index in [0.717, 1.165) is 6.61 Å². The minimum absolute atomic E-state index is 0.727. The van der Waals surface area contributed by atoms with Crippen molar-refractivity contribution in [3.8, 4) is 0 Å². The molecule has 0 atom stereocenters. The van der Waals surface area contributed by atoms with E-state index in [1.807, 2.05) is 43.3 Å². The molecule has 0 unspecified atom stereocenters. The lowest BCUT2D eigenvalue weighted by atomic mass is 10.2. The number of rotatable bonds is 6. The monoisotopic (exact) mass is 304 g/mol. The van der Waals surface area contributed by atoms with Crippen LogP contribution >= 0.6 is 0 Å². The first-order chi connectivity index (χ1) is 11.4. The van der Waals surface area contributed by atoms with Gasteiger partial charge in [0.2, 0.25) is 0 Å². The van der Waals surface area contributed by atoms with E-state index >= 15 is 0 Å². The maximum atomic E-state index is 4.82. The van der Waals surface area contributed by atoms with Crippen molar-refractivity contribution in [3.05, 3.63) is 109 Å². The fourth-order valence-electron chi connectivity index (χ4n) is 1.67. The quantitative estimate of drug-likeness (QED) is 0.460. The number of benzene rings is 2. The Kier molecular flexibility index (Phi) is 10.2. The van der Waals surface area contributed by atoms with Crippen LogP contribution in [0.4, 0.5) is 0 Å². The Morgan fingerprint density at radius 3 is 1.65 bits per heavy atom. The van der Waals surface area contributed by atoms with Crippen molar-refractivity contribution >= 4 is 12.2 Å². The molecular formula is C22H24O. The van der Waals surface area contributed by atoms with Gasteiger partial charge in [0, 0.05) is 0 Å². The van der Waals surface area contributed by atoms with Crippen molar-refractivity contribution in [1.29, 1.82) is 0 Å². The van der Waals surface area contributed by atoms with Gasteiger partial charge in [-0.25, -0.2) is 0 Å². The summed E-state index contributed by atoms with van der Waals surface area (Å²) in [6.45, 7) is 6.13. The van der Waals surface area contributed by atoms with Gasteiger partial charge in [-0.1, -0.05) is 97.6 Å². The van der Waals surface area contributed by atoms with Crippen molar-refractivity contribution in [2.75, 3.05) is 6.61 Å². The Labute approximate surface area is 139 Å². The van der Waals surface area contributed by atoms with E-state index in [9.17, 15) is 0 Å². The van der Waals surface area contributed by atoms with Crippen molar-refractivity contribution in [1.82, 2.24) is 0 Å². The summed E-state index contributed by atoms with van der Waals surface area (Å²) in [4.78, 5) is 0. The SMILES string of the molecule is C(/C=C/c1ccccc1)=C\c1ccccc1.C=C/C=C/OCC. The van der Waals surface area contributed by atoms with Crippen molar-refractivity contribution in [2.24, 2.45) is 0 Å². The van der Waals surface area contributed by atoms with Crippen molar-refractivity contribution in [2.45, 2.75) is 6.92 Å². The number of allylic oxidation sites excluding steroid dienone is 4.